The van der Waals surface area contributed by atoms with Crippen molar-refractivity contribution in [3.05, 3.63) is 35.4 Å². The summed E-state index contributed by atoms with van der Waals surface area (Å²) in [5, 5.41) is 9.72. The molecule has 0 fully saturated rings. The van der Waals surface area contributed by atoms with Gasteiger partial charge in [-0.3, -0.25) is 4.79 Å². The van der Waals surface area contributed by atoms with Crippen LogP contribution in [0.5, 0.6) is 0 Å². The number of aliphatic carboxylic acids is 1. The number of thioether (sulfide) groups is 1. The smallest absolute Gasteiger partial charge is 0.326 e. The third kappa shape index (κ3) is 3.33. The van der Waals surface area contributed by atoms with Crippen molar-refractivity contribution >= 4 is 23.6 Å². The third-order valence-corrected chi connectivity index (χ3v) is 4.47. The second-order valence-corrected chi connectivity index (χ2v) is 6.77. The minimum absolute atomic E-state index is 0.0920. The van der Waals surface area contributed by atoms with Crippen LogP contribution in [-0.2, 0) is 22.6 Å². The van der Waals surface area contributed by atoms with Crippen molar-refractivity contribution in [1.82, 2.24) is 4.90 Å². The number of hydrogen-bond donors (Lipinski definition) is 1. The largest absolute Gasteiger partial charge is 0.480 e. The van der Waals surface area contributed by atoms with Gasteiger partial charge in [0.2, 0.25) is 5.91 Å². The summed E-state index contributed by atoms with van der Waals surface area (Å²) in [5.74, 6) is -0.683. The zero-order valence-electron chi connectivity index (χ0n) is 11.7. The minimum atomic E-state index is -0.928. The predicted molar refractivity (Wildman–Crippen MR) is 79.7 cm³/mol. The second-order valence-electron chi connectivity index (χ2n) is 5.21. The van der Waals surface area contributed by atoms with Crippen LogP contribution in [0.15, 0.2) is 24.3 Å². The molecular formula is C15H19NO3S. The highest BCUT2D eigenvalue weighted by atomic mass is 32.2. The number of benzene rings is 1. The van der Waals surface area contributed by atoms with Gasteiger partial charge in [-0.25, -0.2) is 4.79 Å². The first-order chi connectivity index (χ1) is 9.49. The van der Waals surface area contributed by atoms with E-state index in [0.29, 0.717) is 24.0 Å². The van der Waals surface area contributed by atoms with E-state index in [1.165, 1.54) is 4.90 Å². The molecular weight excluding hydrogens is 274 g/mol. The van der Waals surface area contributed by atoms with Crippen molar-refractivity contribution in [3.8, 4) is 0 Å². The number of fused-ring (bicyclic) bond motifs is 1. The summed E-state index contributed by atoms with van der Waals surface area (Å²) in [4.78, 5) is 25.2. The Balaban J connectivity index is 2.18. The Bertz CT molecular complexity index is 516. The van der Waals surface area contributed by atoms with E-state index in [9.17, 15) is 14.7 Å². The van der Waals surface area contributed by atoms with Crippen LogP contribution in [0, 0.1) is 0 Å². The number of amides is 1. The van der Waals surface area contributed by atoms with Crippen LogP contribution in [0.3, 0.4) is 0 Å². The number of carboxylic acid groups (broad SMARTS) is 1. The third-order valence-electron chi connectivity index (χ3n) is 3.39. The fraction of sp³-hybridized carbons (Fsp3) is 0.467. The average Bonchev–Trinajstić information content (AvgIpc) is 2.43. The van der Waals surface area contributed by atoms with Gasteiger partial charge in [-0.2, -0.15) is 0 Å². The Hall–Kier alpha value is -1.49. The fourth-order valence-corrected chi connectivity index (χ4v) is 2.97. The maximum absolute atomic E-state index is 12.3. The van der Waals surface area contributed by atoms with E-state index >= 15 is 0 Å². The summed E-state index contributed by atoms with van der Waals surface area (Å²) in [7, 11) is 0. The van der Waals surface area contributed by atoms with E-state index in [2.05, 4.69) is 0 Å². The van der Waals surface area contributed by atoms with Crippen LogP contribution in [0.4, 0.5) is 0 Å². The topological polar surface area (TPSA) is 57.6 Å². The van der Waals surface area contributed by atoms with Gasteiger partial charge in [0, 0.05) is 13.0 Å². The molecule has 1 amide bonds. The lowest BCUT2D eigenvalue weighted by atomic mass is 9.94. The average molecular weight is 293 g/mol. The quantitative estimate of drug-likeness (QED) is 0.924. The summed E-state index contributed by atoms with van der Waals surface area (Å²) in [6.45, 7) is 4.45. The van der Waals surface area contributed by atoms with Crippen molar-refractivity contribution in [1.29, 1.82) is 0 Å². The van der Waals surface area contributed by atoms with E-state index in [0.717, 1.165) is 11.1 Å². The van der Waals surface area contributed by atoms with Crippen LogP contribution >= 0.6 is 11.8 Å². The molecule has 1 aliphatic rings. The molecule has 1 heterocycles. The molecule has 1 aromatic rings. The zero-order chi connectivity index (χ0) is 14.7. The summed E-state index contributed by atoms with van der Waals surface area (Å²) in [6.07, 6.45) is 0.392. The molecule has 0 radical (unpaired) electrons. The van der Waals surface area contributed by atoms with Gasteiger partial charge < -0.3 is 10.0 Å². The molecule has 0 aromatic heterocycles. The van der Waals surface area contributed by atoms with E-state index in [1.807, 2.05) is 38.1 Å². The van der Waals surface area contributed by atoms with Crippen molar-refractivity contribution in [2.75, 3.05) is 5.75 Å². The number of hydrogen-bond acceptors (Lipinski definition) is 3. The molecule has 0 saturated heterocycles. The number of rotatable bonds is 4. The van der Waals surface area contributed by atoms with Crippen LogP contribution in [0.25, 0.3) is 0 Å². The monoisotopic (exact) mass is 293 g/mol. The second kappa shape index (κ2) is 6.31. The molecule has 1 atom stereocenters. The van der Waals surface area contributed by atoms with E-state index in [1.54, 1.807) is 11.8 Å². The number of nitrogens with zero attached hydrogens (tertiary/aromatic N) is 1. The van der Waals surface area contributed by atoms with Gasteiger partial charge in [0.25, 0.3) is 0 Å². The maximum atomic E-state index is 12.3. The number of carbonyl (C=O) groups is 2. The first-order valence-corrected chi connectivity index (χ1v) is 7.74. The van der Waals surface area contributed by atoms with Gasteiger partial charge in [0.1, 0.15) is 6.04 Å². The molecule has 0 aliphatic carbocycles. The van der Waals surface area contributed by atoms with Crippen LogP contribution < -0.4 is 0 Å². The highest BCUT2D eigenvalue weighted by molar-refractivity contribution is 8.00. The van der Waals surface area contributed by atoms with Gasteiger partial charge in [0.05, 0.1) is 5.75 Å². The van der Waals surface area contributed by atoms with Gasteiger partial charge in [-0.15, -0.1) is 11.8 Å². The molecule has 5 heteroatoms. The normalized spacial score (nSPS) is 17.9. The van der Waals surface area contributed by atoms with Crippen molar-refractivity contribution in [3.63, 3.8) is 0 Å². The molecule has 1 aromatic carbocycles. The summed E-state index contributed by atoms with van der Waals surface area (Å²) in [6, 6.07) is 6.99. The molecule has 4 nitrogen and oxygen atoms in total. The van der Waals surface area contributed by atoms with Crippen molar-refractivity contribution in [2.45, 2.75) is 38.1 Å². The molecule has 0 spiro atoms. The van der Waals surface area contributed by atoms with Crippen LogP contribution in [0.2, 0.25) is 0 Å². The maximum Gasteiger partial charge on any atom is 0.326 e. The lowest BCUT2D eigenvalue weighted by Gasteiger charge is -2.34. The minimum Gasteiger partial charge on any atom is -0.480 e. The van der Waals surface area contributed by atoms with Crippen molar-refractivity contribution < 1.29 is 14.7 Å². The summed E-state index contributed by atoms with van der Waals surface area (Å²) >= 11 is 1.54. The van der Waals surface area contributed by atoms with E-state index in [4.69, 9.17) is 0 Å². The van der Waals surface area contributed by atoms with Gasteiger partial charge in [-0.1, -0.05) is 38.1 Å². The molecule has 1 aliphatic heterocycles. The molecule has 2 rings (SSSR count). The molecule has 0 bridgehead atoms. The Morgan fingerprint density at radius 3 is 2.60 bits per heavy atom. The fourth-order valence-electron chi connectivity index (χ4n) is 2.33. The standard InChI is InChI=1S/C15H19NO3S/c1-10(2)20-9-14(17)16-8-12-6-4-3-5-11(12)7-13(16)15(18)19/h3-6,10,13H,7-9H2,1-2H3,(H,18,19). The zero-order valence-corrected chi connectivity index (χ0v) is 12.5. The Kier molecular flexibility index (Phi) is 4.70. The summed E-state index contributed by atoms with van der Waals surface area (Å²) in [5.41, 5.74) is 2.08. The lowest BCUT2D eigenvalue weighted by Crippen LogP contribution is -2.49. The highest BCUT2D eigenvalue weighted by Gasteiger charge is 2.34. The van der Waals surface area contributed by atoms with E-state index < -0.39 is 12.0 Å². The molecule has 108 valence electrons. The Morgan fingerprint density at radius 2 is 2.00 bits per heavy atom. The van der Waals surface area contributed by atoms with Crippen molar-refractivity contribution in [2.24, 2.45) is 0 Å². The molecule has 1 N–H and O–H groups in total. The van der Waals surface area contributed by atoms with Gasteiger partial charge >= 0.3 is 5.97 Å². The first-order valence-electron chi connectivity index (χ1n) is 6.69. The van der Waals surface area contributed by atoms with Gasteiger partial charge in [0.15, 0.2) is 0 Å². The van der Waals surface area contributed by atoms with Crippen LogP contribution in [0.1, 0.15) is 25.0 Å². The van der Waals surface area contributed by atoms with Crippen LogP contribution in [-0.4, -0.2) is 38.9 Å². The predicted octanol–water partition coefficient (Wildman–Crippen LogP) is 2.17. The molecule has 1 unspecified atom stereocenters. The SMILES string of the molecule is CC(C)SCC(=O)N1Cc2ccccc2CC1C(=O)O. The molecule has 0 saturated carbocycles. The summed E-state index contributed by atoms with van der Waals surface area (Å²) < 4.78 is 0. The highest BCUT2D eigenvalue weighted by Crippen LogP contribution is 2.24. The Labute approximate surface area is 123 Å². The van der Waals surface area contributed by atoms with E-state index in [-0.39, 0.29) is 5.91 Å². The number of carboxylic acids is 1. The lowest BCUT2D eigenvalue weighted by molar-refractivity contribution is -0.150. The first kappa shape index (κ1) is 14.9. The molecule has 20 heavy (non-hydrogen) atoms. The number of carbonyl (C=O) groups excluding carboxylic acids is 1. The Morgan fingerprint density at radius 1 is 1.35 bits per heavy atom. The van der Waals surface area contributed by atoms with Gasteiger partial charge in [-0.05, 0) is 16.4 Å².